The predicted octanol–water partition coefficient (Wildman–Crippen LogP) is 0.968. The Hall–Kier alpha value is -1.65. The number of nitrogens with one attached hydrogen (secondary N) is 1. The first-order valence-corrected chi connectivity index (χ1v) is 4.73. The summed E-state index contributed by atoms with van der Waals surface area (Å²) < 4.78 is 4.94. The highest BCUT2D eigenvalue weighted by molar-refractivity contribution is 5.92. The first-order chi connectivity index (χ1) is 7.08. The average Bonchev–Trinajstić information content (AvgIpc) is 2.27. The second-order valence-electron chi connectivity index (χ2n) is 3.40. The SMILES string of the molecule is CNC(=O)c1cc(C(C)C)nc(OC)n1. The molecule has 5 nitrogen and oxygen atoms in total. The van der Waals surface area contributed by atoms with E-state index >= 15 is 0 Å². The number of amides is 1. The number of carbonyl (C=O) groups excluding carboxylic acids is 1. The van der Waals surface area contributed by atoms with Crippen molar-refractivity contribution in [1.29, 1.82) is 0 Å². The molecule has 1 aromatic rings. The number of hydrogen-bond acceptors (Lipinski definition) is 4. The van der Waals surface area contributed by atoms with Gasteiger partial charge in [-0.3, -0.25) is 4.79 Å². The zero-order valence-corrected chi connectivity index (χ0v) is 9.37. The Bertz CT molecular complexity index is 364. The third kappa shape index (κ3) is 2.65. The molecule has 0 aromatic carbocycles. The van der Waals surface area contributed by atoms with Crippen LogP contribution in [0.1, 0.15) is 35.9 Å². The Morgan fingerprint density at radius 1 is 1.47 bits per heavy atom. The molecule has 1 N–H and O–H groups in total. The number of rotatable bonds is 3. The first kappa shape index (κ1) is 11.4. The molecular formula is C10H15N3O2. The lowest BCUT2D eigenvalue weighted by atomic mass is 10.1. The van der Waals surface area contributed by atoms with Gasteiger partial charge in [0.15, 0.2) is 0 Å². The van der Waals surface area contributed by atoms with Crippen molar-refractivity contribution >= 4 is 5.91 Å². The van der Waals surface area contributed by atoms with Gasteiger partial charge in [-0.15, -0.1) is 0 Å². The van der Waals surface area contributed by atoms with Crippen molar-refractivity contribution in [2.45, 2.75) is 19.8 Å². The number of nitrogens with zero attached hydrogens (tertiary/aromatic N) is 2. The Balaban J connectivity index is 3.17. The van der Waals surface area contributed by atoms with Crippen LogP contribution >= 0.6 is 0 Å². The first-order valence-electron chi connectivity index (χ1n) is 4.73. The number of carbonyl (C=O) groups is 1. The van der Waals surface area contributed by atoms with Crippen LogP contribution in [0.5, 0.6) is 6.01 Å². The maximum Gasteiger partial charge on any atom is 0.317 e. The highest BCUT2D eigenvalue weighted by Crippen LogP contribution is 2.15. The quantitative estimate of drug-likeness (QED) is 0.805. The van der Waals surface area contributed by atoms with Gasteiger partial charge in [0.05, 0.1) is 12.8 Å². The molecule has 15 heavy (non-hydrogen) atoms. The summed E-state index contributed by atoms with van der Waals surface area (Å²) in [7, 11) is 3.04. The van der Waals surface area contributed by atoms with Crippen LogP contribution < -0.4 is 10.1 Å². The molecule has 0 saturated heterocycles. The molecule has 0 atom stereocenters. The van der Waals surface area contributed by atoms with Gasteiger partial charge in [-0.1, -0.05) is 13.8 Å². The summed E-state index contributed by atoms with van der Waals surface area (Å²) in [4.78, 5) is 19.5. The summed E-state index contributed by atoms with van der Waals surface area (Å²) >= 11 is 0. The molecule has 5 heteroatoms. The highest BCUT2D eigenvalue weighted by Gasteiger charge is 2.12. The Labute approximate surface area is 88.9 Å². The average molecular weight is 209 g/mol. The zero-order chi connectivity index (χ0) is 11.4. The molecule has 0 saturated carbocycles. The van der Waals surface area contributed by atoms with Crippen molar-refractivity contribution in [3.8, 4) is 6.01 Å². The Morgan fingerprint density at radius 2 is 2.13 bits per heavy atom. The van der Waals surface area contributed by atoms with Gasteiger partial charge in [0.2, 0.25) is 0 Å². The van der Waals surface area contributed by atoms with E-state index < -0.39 is 0 Å². The molecule has 0 unspecified atom stereocenters. The van der Waals surface area contributed by atoms with E-state index in [2.05, 4.69) is 15.3 Å². The minimum atomic E-state index is -0.238. The van der Waals surface area contributed by atoms with Gasteiger partial charge in [-0.2, -0.15) is 9.97 Å². The summed E-state index contributed by atoms with van der Waals surface area (Å²) in [6.07, 6.45) is 0. The molecule has 1 aromatic heterocycles. The van der Waals surface area contributed by atoms with Crippen molar-refractivity contribution in [1.82, 2.24) is 15.3 Å². The molecule has 0 aliphatic heterocycles. The largest absolute Gasteiger partial charge is 0.467 e. The van der Waals surface area contributed by atoms with Crippen molar-refractivity contribution in [2.75, 3.05) is 14.2 Å². The maximum atomic E-state index is 11.4. The van der Waals surface area contributed by atoms with Gasteiger partial charge in [0.1, 0.15) is 5.69 Å². The lowest BCUT2D eigenvalue weighted by Gasteiger charge is -2.08. The second-order valence-corrected chi connectivity index (χ2v) is 3.40. The third-order valence-corrected chi connectivity index (χ3v) is 1.96. The van der Waals surface area contributed by atoms with E-state index in [-0.39, 0.29) is 17.8 Å². The van der Waals surface area contributed by atoms with E-state index in [4.69, 9.17) is 4.74 Å². The monoisotopic (exact) mass is 209 g/mol. The van der Waals surface area contributed by atoms with Crippen LogP contribution in [0.4, 0.5) is 0 Å². The highest BCUT2D eigenvalue weighted by atomic mass is 16.5. The number of hydrogen-bond donors (Lipinski definition) is 1. The molecule has 0 radical (unpaired) electrons. The van der Waals surface area contributed by atoms with Gasteiger partial charge >= 0.3 is 6.01 Å². The van der Waals surface area contributed by atoms with Gasteiger partial charge in [0.25, 0.3) is 5.91 Å². The molecule has 0 spiro atoms. The summed E-state index contributed by atoms with van der Waals surface area (Å²) in [5.74, 6) is -0.0112. The van der Waals surface area contributed by atoms with E-state index in [1.807, 2.05) is 13.8 Å². The minimum Gasteiger partial charge on any atom is -0.467 e. The van der Waals surface area contributed by atoms with Crippen LogP contribution in [0.25, 0.3) is 0 Å². The molecular weight excluding hydrogens is 194 g/mol. The zero-order valence-electron chi connectivity index (χ0n) is 9.37. The molecule has 0 aliphatic rings. The molecule has 1 amide bonds. The fourth-order valence-corrected chi connectivity index (χ4v) is 1.07. The smallest absolute Gasteiger partial charge is 0.317 e. The lowest BCUT2D eigenvalue weighted by molar-refractivity contribution is 0.0956. The van der Waals surface area contributed by atoms with E-state index in [9.17, 15) is 4.79 Å². The summed E-state index contributed by atoms with van der Waals surface area (Å²) in [6.45, 7) is 3.99. The number of methoxy groups -OCH3 is 1. The van der Waals surface area contributed by atoms with E-state index in [0.717, 1.165) is 5.69 Å². The Morgan fingerprint density at radius 3 is 2.60 bits per heavy atom. The molecule has 82 valence electrons. The van der Waals surface area contributed by atoms with Crippen LogP contribution in [-0.2, 0) is 0 Å². The Kier molecular flexibility index (Phi) is 3.60. The molecule has 1 rings (SSSR count). The number of aromatic nitrogens is 2. The maximum absolute atomic E-state index is 11.4. The predicted molar refractivity (Wildman–Crippen MR) is 56.1 cm³/mol. The summed E-state index contributed by atoms with van der Waals surface area (Å²) in [6, 6.07) is 1.89. The number of ether oxygens (including phenoxy) is 1. The van der Waals surface area contributed by atoms with Crippen LogP contribution in [0.3, 0.4) is 0 Å². The van der Waals surface area contributed by atoms with E-state index in [1.165, 1.54) is 7.11 Å². The fourth-order valence-electron chi connectivity index (χ4n) is 1.07. The van der Waals surface area contributed by atoms with Gasteiger partial charge < -0.3 is 10.1 Å². The second kappa shape index (κ2) is 4.72. The third-order valence-electron chi connectivity index (χ3n) is 1.96. The van der Waals surface area contributed by atoms with Crippen molar-refractivity contribution in [3.05, 3.63) is 17.5 Å². The molecule has 0 aliphatic carbocycles. The van der Waals surface area contributed by atoms with Gasteiger partial charge in [-0.25, -0.2) is 0 Å². The normalized spacial score (nSPS) is 10.2. The van der Waals surface area contributed by atoms with Gasteiger partial charge in [0, 0.05) is 7.05 Å². The van der Waals surface area contributed by atoms with Crippen LogP contribution in [0.15, 0.2) is 6.07 Å². The van der Waals surface area contributed by atoms with E-state index in [0.29, 0.717) is 5.69 Å². The van der Waals surface area contributed by atoms with Crippen molar-refractivity contribution in [2.24, 2.45) is 0 Å². The van der Waals surface area contributed by atoms with Crippen molar-refractivity contribution in [3.63, 3.8) is 0 Å². The van der Waals surface area contributed by atoms with Crippen molar-refractivity contribution < 1.29 is 9.53 Å². The molecule has 0 bridgehead atoms. The standard InChI is InChI=1S/C10H15N3O2/c1-6(2)7-5-8(9(14)11-3)13-10(12-7)15-4/h5-6H,1-4H3,(H,11,14). The van der Waals surface area contributed by atoms with E-state index in [1.54, 1.807) is 13.1 Å². The van der Waals surface area contributed by atoms with Crippen LogP contribution in [-0.4, -0.2) is 30.0 Å². The van der Waals surface area contributed by atoms with Crippen LogP contribution in [0, 0.1) is 0 Å². The van der Waals surface area contributed by atoms with Gasteiger partial charge in [-0.05, 0) is 12.0 Å². The summed E-state index contributed by atoms with van der Waals surface area (Å²) in [5.41, 5.74) is 1.12. The van der Waals surface area contributed by atoms with Crippen LogP contribution in [0.2, 0.25) is 0 Å². The fraction of sp³-hybridized carbons (Fsp3) is 0.500. The molecule has 0 fully saturated rings. The lowest BCUT2D eigenvalue weighted by Crippen LogP contribution is -2.20. The minimum absolute atomic E-state index is 0.222. The molecule has 1 heterocycles. The topological polar surface area (TPSA) is 64.1 Å². The summed E-state index contributed by atoms with van der Waals surface area (Å²) in [5, 5.41) is 2.51.